The molecule has 0 radical (unpaired) electrons. The molecule has 20 heavy (non-hydrogen) atoms. The quantitative estimate of drug-likeness (QED) is 0.755. The summed E-state index contributed by atoms with van der Waals surface area (Å²) in [5.41, 5.74) is 2.13. The van der Waals surface area contributed by atoms with Crippen LogP contribution in [0.15, 0.2) is 47.8 Å². The summed E-state index contributed by atoms with van der Waals surface area (Å²) < 4.78 is 26.1. The van der Waals surface area contributed by atoms with E-state index in [0.717, 1.165) is 23.4 Å². The summed E-state index contributed by atoms with van der Waals surface area (Å²) in [6, 6.07) is 10.4. The summed E-state index contributed by atoms with van der Waals surface area (Å²) in [6.07, 6.45) is 0. The van der Waals surface area contributed by atoms with Crippen molar-refractivity contribution in [2.45, 2.75) is 0 Å². The highest BCUT2D eigenvalue weighted by atomic mass is 32.1. The smallest absolute Gasteiger partial charge is 0.159 e. The minimum absolute atomic E-state index is 0.185. The molecule has 1 aromatic heterocycles. The zero-order valence-corrected chi connectivity index (χ0v) is 11.0. The van der Waals surface area contributed by atoms with E-state index in [1.165, 1.54) is 17.4 Å². The second kappa shape index (κ2) is 5.02. The molecular formula is C15H9F2NOS. The largest absolute Gasteiger partial charge is 0.508 e. The van der Waals surface area contributed by atoms with E-state index in [0.29, 0.717) is 10.6 Å². The summed E-state index contributed by atoms with van der Waals surface area (Å²) >= 11 is 1.35. The maximum absolute atomic E-state index is 13.2. The van der Waals surface area contributed by atoms with Crippen LogP contribution in [-0.2, 0) is 0 Å². The molecule has 0 saturated carbocycles. The molecule has 100 valence electrons. The van der Waals surface area contributed by atoms with Crippen molar-refractivity contribution in [2.24, 2.45) is 0 Å². The van der Waals surface area contributed by atoms with E-state index >= 15 is 0 Å². The molecule has 0 aliphatic heterocycles. The predicted octanol–water partition coefficient (Wildman–Crippen LogP) is 4.46. The van der Waals surface area contributed by atoms with Gasteiger partial charge in [-0.2, -0.15) is 0 Å². The Balaban J connectivity index is 1.97. The number of thiazole rings is 1. The van der Waals surface area contributed by atoms with Crippen molar-refractivity contribution in [2.75, 3.05) is 0 Å². The molecule has 3 rings (SSSR count). The summed E-state index contributed by atoms with van der Waals surface area (Å²) in [4.78, 5) is 4.40. The van der Waals surface area contributed by atoms with Crippen LogP contribution in [0.25, 0.3) is 21.8 Å². The van der Waals surface area contributed by atoms with Gasteiger partial charge in [0.05, 0.1) is 5.69 Å². The van der Waals surface area contributed by atoms with E-state index in [9.17, 15) is 13.9 Å². The third kappa shape index (κ3) is 2.40. The fourth-order valence-electron chi connectivity index (χ4n) is 1.80. The van der Waals surface area contributed by atoms with E-state index in [2.05, 4.69) is 4.98 Å². The fourth-order valence-corrected chi connectivity index (χ4v) is 2.63. The number of nitrogens with zero attached hydrogens (tertiary/aromatic N) is 1. The number of halogens is 2. The van der Waals surface area contributed by atoms with Gasteiger partial charge < -0.3 is 5.11 Å². The van der Waals surface area contributed by atoms with Gasteiger partial charge in [0, 0.05) is 16.5 Å². The van der Waals surface area contributed by atoms with Crippen LogP contribution < -0.4 is 0 Å². The van der Waals surface area contributed by atoms with Gasteiger partial charge in [-0.15, -0.1) is 11.3 Å². The molecule has 5 heteroatoms. The Kier molecular flexibility index (Phi) is 3.20. The van der Waals surface area contributed by atoms with E-state index in [4.69, 9.17) is 0 Å². The van der Waals surface area contributed by atoms with Crippen LogP contribution in [0.2, 0.25) is 0 Å². The zero-order valence-electron chi connectivity index (χ0n) is 10.2. The highest BCUT2D eigenvalue weighted by Gasteiger charge is 2.09. The van der Waals surface area contributed by atoms with Crippen molar-refractivity contribution in [3.8, 4) is 27.6 Å². The van der Waals surface area contributed by atoms with Crippen LogP contribution in [-0.4, -0.2) is 10.1 Å². The Morgan fingerprint density at radius 3 is 2.30 bits per heavy atom. The Morgan fingerprint density at radius 2 is 1.60 bits per heavy atom. The minimum atomic E-state index is -0.885. The molecule has 0 aliphatic rings. The number of hydrogen-bond donors (Lipinski definition) is 1. The van der Waals surface area contributed by atoms with Crippen molar-refractivity contribution >= 4 is 11.3 Å². The molecule has 2 nitrogen and oxygen atoms in total. The average Bonchev–Trinajstić information content (AvgIpc) is 2.92. The summed E-state index contributed by atoms with van der Waals surface area (Å²) in [5.74, 6) is -1.57. The van der Waals surface area contributed by atoms with Crippen molar-refractivity contribution in [1.82, 2.24) is 4.98 Å². The number of benzene rings is 2. The summed E-state index contributed by atoms with van der Waals surface area (Å²) in [7, 11) is 0. The predicted molar refractivity (Wildman–Crippen MR) is 74.6 cm³/mol. The van der Waals surface area contributed by atoms with Gasteiger partial charge in [0.25, 0.3) is 0 Å². The second-order valence-corrected chi connectivity index (χ2v) is 5.07. The van der Waals surface area contributed by atoms with Gasteiger partial charge in [0.2, 0.25) is 0 Å². The van der Waals surface area contributed by atoms with Crippen LogP contribution in [0.4, 0.5) is 8.78 Å². The molecule has 0 spiro atoms. The van der Waals surface area contributed by atoms with Crippen LogP contribution in [0.1, 0.15) is 0 Å². The third-order valence-corrected chi connectivity index (χ3v) is 3.73. The SMILES string of the molecule is Oc1ccc(-c2csc(-c3ccc(F)c(F)c3)n2)cc1. The fraction of sp³-hybridized carbons (Fsp3) is 0. The first-order chi connectivity index (χ1) is 9.63. The van der Waals surface area contributed by atoms with Gasteiger partial charge in [0.15, 0.2) is 11.6 Å². The number of rotatable bonds is 2. The van der Waals surface area contributed by atoms with Crippen LogP contribution in [0.3, 0.4) is 0 Å². The average molecular weight is 289 g/mol. The lowest BCUT2D eigenvalue weighted by molar-refractivity contribution is 0.475. The lowest BCUT2D eigenvalue weighted by Gasteiger charge is -1.98. The van der Waals surface area contributed by atoms with Crippen LogP contribution in [0.5, 0.6) is 5.75 Å². The van der Waals surface area contributed by atoms with Gasteiger partial charge in [0.1, 0.15) is 10.8 Å². The lowest BCUT2D eigenvalue weighted by atomic mass is 10.1. The molecule has 1 heterocycles. The first kappa shape index (κ1) is 12.7. The highest BCUT2D eigenvalue weighted by molar-refractivity contribution is 7.13. The van der Waals surface area contributed by atoms with Crippen LogP contribution >= 0.6 is 11.3 Å². The number of phenolic OH excluding ortho intramolecular Hbond substituents is 1. The van der Waals surface area contributed by atoms with E-state index < -0.39 is 11.6 Å². The maximum atomic E-state index is 13.2. The van der Waals surface area contributed by atoms with Gasteiger partial charge in [-0.05, 0) is 42.5 Å². The molecule has 2 aromatic carbocycles. The molecule has 0 bridgehead atoms. The van der Waals surface area contributed by atoms with Crippen molar-refractivity contribution in [3.63, 3.8) is 0 Å². The molecule has 0 unspecified atom stereocenters. The zero-order chi connectivity index (χ0) is 14.1. The first-order valence-electron chi connectivity index (χ1n) is 5.84. The van der Waals surface area contributed by atoms with Crippen molar-refractivity contribution in [3.05, 3.63) is 59.5 Å². The monoisotopic (exact) mass is 289 g/mol. The first-order valence-corrected chi connectivity index (χ1v) is 6.72. The molecule has 0 atom stereocenters. The molecule has 0 saturated heterocycles. The minimum Gasteiger partial charge on any atom is -0.508 e. The summed E-state index contributed by atoms with van der Waals surface area (Å²) in [5, 5.41) is 11.7. The van der Waals surface area contributed by atoms with E-state index in [1.54, 1.807) is 24.3 Å². The van der Waals surface area contributed by atoms with Crippen molar-refractivity contribution in [1.29, 1.82) is 0 Å². The standard InChI is InChI=1S/C15H9F2NOS/c16-12-6-3-10(7-13(12)17)15-18-14(8-20-15)9-1-4-11(19)5-2-9/h1-8,19H. The summed E-state index contributed by atoms with van der Waals surface area (Å²) in [6.45, 7) is 0. The lowest BCUT2D eigenvalue weighted by Crippen LogP contribution is -1.85. The maximum Gasteiger partial charge on any atom is 0.159 e. The molecule has 0 fully saturated rings. The normalized spacial score (nSPS) is 10.7. The molecule has 0 amide bonds. The van der Waals surface area contributed by atoms with E-state index in [1.807, 2.05) is 5.38 Å². The Labute approximate surface area is 118 Å². The number of hydrogen-bond acceptors (Lipinski definition) is 3. The number of phenols is 1. The van der Waals surface area contributed by atoms with Crippen molar-refractivity contribution < 1.29 is 13.9 Å². The van der Waals surface area contributed by atoms with E-state index in [-0.39, 0.29) is 5.75 Å². The van der Waals surface area contributed by atoms with Crippen LogP contribution in [0, 0.1) is 11.6 Å². The Bertz CT molecular complexity index is 753. The van der Waals surface area contributed by atoms with Gasteiger partial charge in [-0.3, -0.25) is 0 Å². The molecule has 0 aliphatic carbocycles. The Hall–Kier alpha value is -2.27. The van der Waals surface area contributed by atoms with Gasteiger partial charge in [-0.25, -0.2) is 13.8 Å². The number of aromatic nitrogens is 1. The highest BCUT2D eigenvalue weighted by Crippen LogP contribution is 2.30. The Morgan fingerprint density at radius 1 is 0.900 bits per heavy atom. The third-order valence-electron chi connectivity index (χ3n) is 2.83. The molecular weight excluding hydrogens is 280 g/mol. The van der Waals surface area contributed by atoms with Gasteiger partial charge >= 0.3 is 0 Å². The molecule has 1 N–H and O–H groups in total. The number of aromatic hydroxyl groups is 1. The second-order valence-electron chi connectivity index (χ2n) is 4.21. The topological polar surface area (TPSA) is 33.1 Å². The van der Waals surface area contributed by atoms with Gasteiger partial charge in [-0.1, -0.05) is 0 Å². The molecule has 3 aromatic rings.